The number of hydrogen-bond donors (Lipinski definition) is 1. The van der Waals surface area contributed by atoms with Crippen molar-refractivity contribution in [2.75, 3.05) is 11.9 Å². The van der Waals surface area contributed by atoms with Gasteiger partial charge >= 0.3 is 7.60 Å². The van der Waals surface area contributed by atoms with Crippen molar-refractivity contribution in [2.24, 2.45) is 0 Å². The fourth-order valence-electron chi connectivity index (χ4n) is 2.60. The first-order chi connectivity index (χ1) is 11.9. The van der Waals surface area contributed by atoms with Gasteiger partial charge in [-0.15, -0.1) is 0 Å². The summed E-state index contributed by atoms with van der Waals surface area (Å²) < 4.78 is 25.7. The zero-order chi connectivity index (χ0) is 18.0. The molecule has 25 heavy (non-hydrogen) atoms. The molecule has 0 saturated carbocycles. The standard InChI is InChI=1S/C17H17BrCl2NO3P/c1-11-6-7-23-25(22,24-11)17(12-2-4-13(18)5-3-12)21-16-9-14(19)8-15(20)10-16/h2-5,8-11,17,21H,6-7H2,1H3. The molecule has 0 radical (unpaired) electrons. The Bertz CT molecular complexity index is 783. The Kier molecular flexibility index (Phi) is 6.15. The fraction of sp³-hybridized carbons (Fsp3) is 0.294. The number of hydrogen-bond acceptors (Lipinski definition) is 4. The maximum Gasteiger partial charge on any atom is 0.357 e. The highest BCUT2D eigenvalue weighted by atomic mass is 79.9. The second-order valence-corrected chi connectivity index (χ2v) is 9.69. The summed E-state index contributed by atoms with van der Waals surface area (Å²) in [5.41, 5.74) is 1.43. The van der Waals surface area contributed by atoms with Crippen LogP contribution in [0.25, 0.3) is 0 Å². The lowest BCUT2D eigenvalue weighted by Crippen LogP contribution is -2.23. The van der Waals surface area contributed by atoms with Crippen LogP contribution in [-0.4, -0.2) is 12.7 Å². The van der Waals surface area contributed by atoms with E-state index in [1.54, 1.807) is 18.2 Å². The Hall–Kier alpha value is -0.550. The maximum atomic E-state index is 13.4. The summed E-state index contributed by atoms with van der Waals surface area (Å²) in [6.07, 6.45) is 0.572. The van der Waals surface area contributed by atoms with E-state index in [2.05, 4.69) is 21.2 Å². The first-order valence-electron chi connectivity index (χ1n) is 7.76. The lowest BCUT2D eigenvalue weighted by Gasteiger charge is -2.34. The van der Waals surface area contributed by atoms with E-state index in [4.69, 9.17) is 32.2 Å². The first kappa shape index (κ1) is 19.2. The van der Waals surface area contributed by atoms with Crippen LogP contribution in [0.5, 0.6) is 0 Å². The summed E-state index contributed by atoms with van der Waals surface area (Å²) in [4.78, 5) is 0. The van der Waals surface area contributed by atoms with E-state index < -0.39 is 13.4 Å². The summed E-state index contributed by atoms with van der Waals surface area (Å²) in [6, 6.07) is 12.6. The molecule has 2 aromatic carbocycles. The van der Waals surface area contributed by atoms with Crippen LogP contribution in [0.3, 0.4) is 0 Å². The van der Waals surface area contributed by atoms with Gasteiger partial charge in [-0.1, -0.05) is 51.3 Å². The van der Waals surface area contributed by atoms with Crippen LogP contribution >= 0.6 is 46.7 Å². The van der Waals surface area contributed by atoms with E-state index in [9.17, 15) is 4.57 Å². The minimum atomic E-state index is -3.43. The van der Waals surface area contributed by atoms with Crippen molar-refractivity contribution in [1.82, 2.24) is 0 Å². The number of benzene rings is 2. The van der Waals surface area contributed by atoms with Crippen LogP contribution in [0.2, 0.25) is 10.0 Å². The Balaban J connectivity index is 1.99. The van der Waals surface area contributed by atoms with Gasteiger partial charge in [0, 0.05) is 20.2 Å². The minimum absolute atomic E-state index is 0.137. The zero-order valence-corrected chi connectivity index (χ0v) is 17.4. The number of anilines is 1. The second kappa shape index (κ2) is 7.99. The zero-order valence-electron chi connectivity index (χ0n) is 13.4. The average Bonchev–Trinajstić information content (AvgIpc) is 2.52. The van der Waals surface area contributed by atoms with Gasteiger partial charge in [0.05, 0.1) is 12.7 Å². The van der Waals surface area contributed by atoms with E-state index >= 15 is 0 Å². The van der Waals surface area contributed by atoms with Crippen molar-refractivity contribution in [3.05, 3.63) is 62.5 Å². The molecule has 1 N–H and O–H groups in total. The lowest BCUT2D eigenvalue weighted by molar-refractivity contribution is 0.0887. The van der Waals surface area contributed by atoms with Crippen molar-refractivity contribution in [3.63, 3.8) is 0 Å². The Labute approximate surface area is 165 Å². The van der Waals surface area contributed by atoms with Crippen LogP contribution in [0, 0.1) is 0 Å². The molecule has 1 heterocycles. The van der Waals surface area contributed by atoms with Crippen molar-refractivity contribution < 1.29 is 13.6 Å². The summed E-state index contributed by atoms with van der Waals surface area (Å²) in [5.74, 6) is -0.669. The molecule has 1 aliphatic heterocycles. The van der Waals surface area contributed by atoms with Crippen LogP contribution in [0.15, 0.2) is 46.9 Å². The highest BCUT2D eigenvalue weighted by Crippen LogP contribution is 2.63. The van der Waals surface area contributed by atoms with Gasteiger partial charge in [0.1, 0.15) is 0 Å². The molecular weight excluding hydrogens is 448 g/mol. The maximum absolute atomic E-state index is 13.4. The third-order valence-electron chi connectivity index (χ3n) is 3.79. The smallest absolute Gasteiger partial charge is 0.357 e. The molecule has 3 rings (SSSR count). The van der Waals surface area contributed by atoms with Crippen molar-refractivity contribution >= 4 is 52.4 Å². The van der Waals surface area contributed by atoms with Gasteiger partial charge in [0.25, 0.3) is 0 Å². The summed E-state index contributed by atoms with van der Waals surface area (Å²) in [5, 5.41) is 4.21. The molecule has 8 heteroatoms. The molecule has 3 unspecified atom stereocenters. The van der Waals surface area contributed by atoms with Gasteiger partial charge in [-0.05, 0) is 49.2 Å². The molecule has 2 aromatic rings. The molecule has 0 aromatic heterocycles. The summed E-state index contributed by atoms with van der Waals surface area (Å²) >= 11 is 15.6. The lowest BCUT2D eigenvalue weighted by atomic mass is 10.2. The Morgan fingerprint density at radius 3 is 2.44 bits per heavy atom. The molecule has 0 spiro atoms. The van der Waals surface area contributed by atoms with Gasteiger partial charge in [-0.2, -0.15) is 0 Å². The third kappa shape index (κ3) is 4.79. The summed E-state index contributed by atoms with van der Waals surface area (Å²) in [6.45, 7) is 2.29. The summed E-state index contributed by atoms with van der Waals surface area (Å²) in [7, 11) is -3.43. The Morgan fingerprint density at radius 2 is 1.84 bits per heavy atom. The van der Waals surface area contributed by atoms with E-state index in [1.165, 1.54) is 0 Å². The highest BCUT2D eigenvalue weighted by Gasteiger charge is 2.41. The molecule has 134 valence electrons. The van der Waals surface area contributed by atoms with Gasteiger partial charge in [0.2, 0.25) is 0 Å². The topological polar surface area (TPSA) is 47.6 Å². The predicted octanol–water partition coefficient (Wildman–Crippen LogP) is 6.89. The number of nitrogens with one attached hydrogen (secondary N) is 1. The van der Waals surface area contributed by atoms with E-state index in [1.807, 2.05) is 31.2 Å². The normalized spacial score (nSPS) is 24.7. The Morgan fingerprint density at radius 1 is 1.20 bits per heavy atom. The quantitative estimate of drug-likeness (QED) is 0.500. The SMILES string of the molecule is CC1CCOP(=O)(C(Nc2cc(Cl)cc(Cl)c2)c2ccc(Br)cc2)O1. The largest absolute Gasteiger partial charge is 0.368 e. The fourth-order valence-corrected chi connectivity index (χ4v) is 5.53. The van der Waals surface area contributed by atoms with Crippen LogP contribution in [0.4, 0.5) is 5.69 Å². The van der Waals surface area contributed by atoms with E-state index in [-0.39, 0.29) is 6.10 Å². The van der Waals surface area contributed by atoms with Crippen molar-refractivity contribution in [3.8, 4) is 0 Å². The van der Waals surface area contributed by atoms with Gasteiger partial charge in [-0.3, -0.25) is 4.57 Å². The molecule has 1 fully saturated rings. The molecule has 0 aliphatic carbocycles. The molecule has 0 amide bonds. The minimum Gasteiger partial charge on any atom is -0.368 e. The molecule has 4 nitrogen and oxygen atoms in total. The van der Waals surface area contributed by atoms with E-state index in [0.717, 1.165) is 10.0 Å². The first-order valence-corrected chi connectivity index (χ1v) is 10.9. The molecule has 1 aliphatic rings. The average molecular weight is 465 g/mol. The predicted molar refractivity (Wildman–Crippen MR) is 106 cm³/mol. The molecule has 3 atom stereocenters. The molecule has 1 saturated heterocycles. The second-order valence-electron chi connectivity index (χ2n) is 5.83. The van der Waals surface area contributed by atoms with Crippen molar-refractivity contribution in [2.45, 2.75) is 25.2 Å². The van der Waals surface area contributed by atoms with E-state index in [0.29, 0.717) is 28.8 Å². The van der Waals surface area contributed by atoms with Gasteiger partial charge in [-0.25, -0.2) is 0 Å². The molecule has 0 bridgehead atoms. The van der Waals surface area contributed by atoms with Crippen LogP contribution < -0.4 is 5.32 Å². The number of rotatable bonds is 4. The van der Waals surface area contributed by atoms with Crippen LogP contribution in [-0.2, 0) is 13.6 Å². The third-order valence-corrected chi connectivity index (χ3v) is 7.01. The van der Waals surface area contributed by atoms with Gasteiger partial charge in [0.15, 0.2) is 5.78 Å². The van der Waals surface area contributed by atoms with Crippen molar-refractivity contribution in [1.29, 1.82) is 0 Å². The highest BCUT2D eigenvalue weighted by molar-refractivity contribution is 9.10. The number of halogens is 3. The van der Waals surface area contributed by atoms with Gasteiger partial charge < -0.3 is 14.4 Å². The molecular formula is C17H17BrCl2NO3P. The monoisotopic (exact) mass is 463 g/mol. The van der Waals surface area contributed by atoms with Crippen LogP contribution in [0.1, 0.15) is 24.7 Å².